The number of carbonyl (C=O) groups is 2. The number of rotatable bonds is 3. The van der Waals surface area contributed by atoms with E-state index in [1.165, 1.54) is 5.57 Å². The Bertz CT molecular complexity index is 1080. The van der Waals surface area contributed by atoms with E-state index in [1.54, 1.807) is 0 Å². The van der Waals surface area contributed by atoms with Crippen LogP contribution in [0.15, 0.2) is 46.9 Å². The molecule has 2 aromatic rings. The number of hydrogen-bond acceptors (Lipinski definition) is 5. The van der Waals surface area contributed by atoms with Crippen LogP contribution in [-0.4, -0.2) is 29.3 Å². The second-order valence-corrected chi connectivity index (χ2v) is 10.8. The molecule has 5 heteroatoms. The molecule has 0 aliphatic carbocycles. The predicted octanol–water partition coefficient (Wildman–Crippen LogP) is 7.28. The lowest BCUT2D eigenvalue weighted by Crippen LogP contribution is -2.33. The maximum absolute atomic E-state index is 13.4. The molecule has 190 valence electrons. The molecule has 0 amide bonds. The first-order chi connectivity index (χ1) is 16.6. The Hall–Kier alpha value is -2.53. The molecule has 5 nitrogen and oxygen atoms in total. The molecule has 0 spiro atoms. The minimum atomic E-state index is -0.566. The van der Waals surface area contributed by atoms with Gasteiger partial charge in [0.15, 0.2) is 11.5 Å². The highest BCUT2D eigenvalue weighted by Gasteiger charge is 2.34. The highest BCUT2D eigenvalue weighted by molar-refractivity contribution is 5.87. The van der Waals surface area contributed by atoms with Crippen molar-refractivity contribution in [3.05, 3.63) is 54.0 Å². The minimum absolute atomic E-state index is 0.00701. The van der Waals surface area contributed by atoms with Gasteiger partial charge in [0.1, 0.15) is 17.1 Å². The summed E-state index contributed by atoms with van der Waals surface area (Å²) < 4.78 is 11.7. The second kappa shape index (κ2) is 11.9. The third-order valence-corrected chi connectivity index (χ3v) is 7.25. The number of aryl methyl sites for hydroxylation is 1. The van der Waals surface area contributed by atoms with Gasteiger partial charge >= 0.3 is 0 Å². The molecule has 2 heterocycles. The summed E-state index contributed by atoms with van der Waals surface area (Å²) in [6.07, 6.45) is 8.37. The Morgan fingerprint density at radius 1 is 1.20 bits per heavy atom. The van der Waals surface area contributed by atoms with Crippen molar-refractivity contribution in [2.24, 2.45) is 11.3 Å². The highest BCUT2D eigenvalue weighted by atomic mass is 16.5. The normalized spacial score (nSPS) is 25.4. The Balaban J connectivity index is 1.86. The van der Waals surface area contributed by atoms with Gasteiger partial charge in [-0.25, -0.2) is 4.98 Å². The first-order valence-corrected chi connectivity index (χ1v) is 12.9. The molecule has 1 aromatic carbocycles. The molecular formula is C30H41NO4. The summed E-state index contributed by atoms with van der Waals surface area (Å²) in [6.45, 7) is 14.4. The number of aromatic nitrogens is 1. The molecular weight excluding hydrogens is 438 g/mol. The number of Topliss-reactive ketones (excluding diaryl/α,β-unsaturated/α-hetero) is 2. The molecule has 1 aromatic heterocycles. The van der Waals surface area contributed by atoms with Gasteiger partial charge in [0, 0.05) is 31.1 Å². The van der Waals surface area contributed by atoms with E-state index in [2.05, 4.69) is 24.6 Å². The van der Waals surface area contributed by atoms with E-state index in [9.17, 15) is 9.59 Å². The average Bonchev–Trinajstić information content (AvgIpc) is 3.18. The van der Waals surface area contributed by atoms with Crippen molar-refractivity contribution < 1.29 is 18.7 Å². The zero-order valence-corrected chi connectivity index (χ0v) is 22.1. The fourth-order valence-corrected chi connectivity index (χ4v) is 5.00. The van der Waals surface area contributed by atoms with Crippen LogP contribution in [0, 0.1) is 18.3 Å². The summed E-state index contributed by atoms with van der Waals surface area (Å²) >= 11 is 0. The fraction of sp³-hybridized carbons (Fsp3) is 0.567. The largest absolute Gasteiger partial charge is 0.441 e. The summed E-state index contributed by atoms with van der Waals surface area (Å²) in [5, 5.41) is 0. The van der Waals surface area contributed by atoms with Gasteiger partial charge in [0.2, 0.25) is 0 Å². The zero-order chi connectivity index (χ0) is 25.6. The van der Waals surface area contributed by atoms with Gasteiger partial charge < -0.3 is 9.15 Å². The predicted molar refractivity (Wildman–Crippen MR) is 140 cm³/mol. The molecule has 3 atom stereocenters. The monoisotopic (exact) mass is 479 g/mol. The number of fused-ring (bicyclic) bond motifs is 1. The van der Waals surface area contributed by atoms with Crippen molar-refractivity contribution in [3.63, 3.8) is 0 Å². The zero-order valence-electron chi connectivity index (χ0n) is 22.1. The number of ether oxygens (including phenoxy) is 1. The Labute approximate surface area is 210 Å². The summed E-state index contributed by atoms with van der Waals surface area (Å²) in [4.78, 5) is 31.1. The van der Waals surface area contributed by atoms with Gasteiger partial charge in [0.25, 0.3) is 0 Å². The minimum Gasteiger partial charge on any atom is -0.441 e. The number of allylic oxidation sites excluding steroid dienone is 2. The van der Waals surface area contributed by atoms with Crippen LogP contribution < -0.4 is 0 Å². The first kappa shape index (κ1) is 27.1. The smallest absolute Gasteiger partial charge is 0.192 e. The van der Waals surface area contributed by atoms with Crippen LogP contribution in [-0.2, 0) is 14.3 Å². The first-order valence-electron chi connectivity index (χ1n) is 12.9. The van der Waals surface area contributed by atoms with Crippen LogP contribution in [0.2, 0.25) is 0 Å². The highest BCUT2D eigenvalue weighted by Crippen LogP contribution is 2.34. The third kappa shape index (κ3) is 7.47. The van der Waals surface area contributed by atoms with Gasteiger partial charge in [-0.05, 0) is 69.6 Å². The van der Waals surface area contributed by atoms with Crippen molar-refractivity contribution in [3.8, 4) is 0 Å². The molecule has 0 saturated carbocycles. The molecule has 1 aliphatic rings. The van der Waals surface area contributed by atoms with Crippen LogP contribution in [0.5, 0.6) is 0 Å². The van der Waals surface area contributed by atoms with E-state index in [-0.39, 0.29) is 29.5 Å². The Kier molecular flexibility index (Phi) is 9.23. The van der Waals surface area contributed by atoms with Crippen LogP contribution in [0.4, 0.5) is 0 Å². The average molecular weight is 480 g/mol. The summed E-state index contributed by atoms with van der Waals surface area (Å²) in [5.74, 6) is 0.953. The van der Waals surface area contributed by atoms with Crippen molar-refractivity contribution in [1.82, 2.24) is 4.98 Å². The van der Waals surface area contributed by atoms with Crippen molar-refractivity contribution in [1.29, 1.82) is 0 Å². The fourth-order valence-electron chi connectivity index (χ4n) is 5.00. The van der Waals surface area contributed by atoms with Gasteiger partial charge in [-0.3, -0.25) is 9.59 Å². The molecule has 3 unspecified atom stereocenters. The van der Waals surface area contributed by atoms with E-state index >= 15 is 0 Å². The summed E-state index contributed by atoms with van der Waals surface area (Å²) in [6, 6.07) is 6.04. The van der Waals surface area contributed by atoms with Crippen LogP contribution >= 0.6 is 0 Å². The van der Waals surface area contributed by atoms with Crippen molar-refractivity contribution in [2.75, 3.05) is 6.61 Å². The Morgan fingerprint density at radius 3 is 2.71 bits per heavy atom. The Morgan fingerprint density at radius 2 is 1.97 bits per heavy atom. The molecule has 1 aliphatic heterocycles. The number of hydrogen-bond donors (Lipinski definition) is 0. The van der Waals surface area contributed by atoms with Crippen molar-refractivity contribution >= 4 is 22.7 Å². The summed E-state index contributed by atoms with van der Waals surface area (Å²) in [7, 11) is 0. The number of carbonyl (C=O) groups excluding carboxylic acids is 2. The van der Waals surface area contributed by atoms with E-state index < -0.39 is 5.41 Å². The van der Waals surface area contributed by atoms with Crippen LogP contribution in [0.3, 0.4) is 0 Å². The van der Waals surface area contributed by atoms with E-state index in [0.29, 0.717) is 44.6 Å². The maximum Gasteiger partial charge on any atom is 0.192 e. The molecule has 0 bridgehead atoms. The number of benzene rings is 1. The standard InChI is InChI=1S/C30H41NO4/c1-7-8-25-17-21(3)34-16-14-20(2)9-10-23(18-26(32)13-15-30(5,6)29(25)33)24-11-12-28-27(19-24)31-22(4)35-28/h7,9,11-12,19,21,23,25H,1,8,10,13-18H2,2-6H3. The third-order valence-electron chi connectivity index (χ3n) is 7.25. The maximum atomic E-state index is 13.4. The van der Waals surface area contributed by atoms with Gasteiger partial charge in [-0.1, -0.05) is 37.6 Å². The quantitative estimate of drug-likeness (QED) is 0.433. The van der Waals surface area contributed by atoms with E-state index in [1.807, 2.05) is 52.0 Å². The van der Waals surface area contributed by atoms with Gasteiger partial charge in [-0.2, -0.15) is 0 Å². The molecule has 35 heavy (non-hydrogen) atoms. The van der Waals surface area contributed by atoms with E-state index in [4.69, 9.17) is 9.15 Å². The second-order valence-electron chi connectivity index (χ2n) is 10.8. The lowest BCUT2D eigenvalue weighted by atomic mass is 9.74. The SMILES string of the molecule is C=CCC1CC(C)OCCC(C)=CCC(c2ccc3oc(C)nc3c2)CC(=O)CCC(C)(C)C1=O. The van der Waals surface area contributed by atoms with E-state index in [0.717, 1.165) is 29.5 Å². The summed E-state index contributed by atoms with van der Waals surface area (Å²) in [5.41, 5.74) is 3.36. The number of oxazole rings is 1. The molecule has 0 saturated heterocycles. The topological polar surface area (TPSA) is 69.4 Å². The van der Waals surface area contributed by atoms with Crippen LogP contribution in [0.25, 0.3) is 11.1 Å². The number of nitrogens with zero attached hydrogens (tertiary/aromatic N) is 1. The van der Waals surface area contributed by atoms with Crippen molar-refractivity contribution in [2.45, 2.75) is 91.6 Å². The molecule has 0 radical (unpaired) electrons. The van der Waals surface area contributed by atoms with Crippen LogP contribution in [0.1, 0.15) is 90.0 Å². The van der Waals surface area contributed by atoms with Gasteiger partial charge in [0.05, 0.1) is 12.7 Å². The molecule has 3 rings (SSSR count). The van der Waals surface area contributed by atoms with Gasteiger partial charge in [-0.15, -0.1) is 6.58 Å². The molecule has 0 N–H and O–H groups in total. The molecule has 0 fully saturated rings. The number of ketones is 2. The lowest BCUT2D eigenvalue weighted by molar-refractivity contribution is -0.133. The lowest BCUT2D eigenvalue weighted by Gasteiger charge is -2.29.